The van der Waals surface area contributed by atoms with Crippen molar-refractivity contribution in [2.24, 2.45) is 5.10 Å². The molecule has 5 heteroatoms. The highest BCUT2D eigenvalue weighted by Crippen LogP contribution is 2.20. The average molecular weight is 332 g/mol. The number of aryl methyl sites for hydroxylation is 3. The van der Waals surface area contributed by atoms with Gasteiger partial charge in [-0.2, -0.15) is 10.2 Å². The SMILES string of the molecule is Cc1cccc(C=NNC(=O)c2cc(-c3ccc(C)c(C)c3)n[nH]2)c1. The third kappa shape index (κ3) is 4.01. The lowest BCUT2D eigenvalue weighted by molar-refractivity contribution is 0.0950. The van der Waals surface area contributed by atoms with Gasteiger partial charge in [0.05, 0.1) is 11.9 Å². The minimum Gasteiger partial charge on any atom is -0.272 e. The summed E-state index contributed by atoms with van der Waals surface area (Å²) in [5.41, 5.74) is 9.07. The highest BCUT2D eigenvalue weighted by atomic mass is 16.2. The van der Waals surface area contributed by atoms with Gasteiger partial charge in [0.25, 0.3) is 5.91 Å². The number of aromatic amines is 1. The summed E-state index contributed by atoms with van der Waals surface area (Å²) < 4.78 is 0. The van der Waals surface area contributed by atoms with Gasteiger partial charge in [-0.1, -0.05) is 42.0 Å². The zero-order valence-electron chi connectivity index (χ0n) is 14.5. The van der Waals surface area contributed by atoms with Crippen LogP contribution in [0.15, 0.2) is 53.6 Å². The molecule has 1 heterocycles. The van der Waals surface area contributed by atoms with Crippen LogP contribution in [0.4, 0.5) is 0 Å². The zero-order valence-corrected chi connectivity index (χ0v) is 14.5. The monoisotopic (exact) mass is 332 g/mol. The molecule has 0 unspecified atom stereocenters. The van der Waals surface area contributed by atoms with E-state index in [0.29, 0.717) is 5.69 Å². The predicted octanol–water partition coefficient (Wildman–Crippen LogP) is 3.77. The maximum atomic E-state index is 12.2. The van der Waals surface area contributed by atoms with E-state index in [1.54, 1.807) is 12.3 Å². The van der Waals surface area contributed by atoms with Gasteiger partial charge in [0.1, 0.15) is 5.69 Å². The van der Waals surface area contributed by atoms with Crippen LogP contribution in [0.1, 0.15) is 32.7 Å². The lowest BCUT2D eigenvalue weighted by atomic mass is 10.0. The highest BCUT2D eigenvalue weighted by molar-refractivity contribution is 5.94. The summed E-state index contributed by atoms with van der Waals surface area (Å²) in [5.74, 6) is -0.327. The van der Waals surface area contributed by atoms with Crippen molar-refractivity contribution < 1.29 is 4.79 Å². The van der Waals surface area contributed by atoms with Gasteiger partial charge in [-0.05, 0) is 49.6 Å². The number of aromatic nitrogens is 2. The Morgan fingerprint density at radius 2 is 1.92 bits per heavy atom. The molecule has 0 saturated carbocycles. The van der Waals surface area contributed by atoms with Crippen molar-refractivity contribution in [3.63, 3.8) is 0 Å². The van der Waals surface area contributed by atoms with Crippen molar-refractivity contribution in [3.8, 4) is 11.3 Å². The molecule has 0 aliphatic carbocycles. The molecule has 126 valence electrons. The molecule has 0 saturated heterocycles. The van der Waals surface area contributed by atoms with E-state index < -0.39 is 0 Å². The van der Waals surface area contributed by atoms with E-state index >= 15 is 0 Å². The van der Waals surface area contributed by atoms with Crippen molar-refractivity contribution in [1.82, 2.24) is 15.6 Å². The molecule has 3 aromatic rings. The quantitative estimate of drug-likeness (QED) is 0.564. The normalized spacial score (nSPS) is 11.0. The molecule has 0 atom stereocenters. The van der Waals surface area contributed by atoms with E-state index in [1.165, 1.54) is 11.1 Å². The van der Waals surface area contributed by atoms with Gasteiger partial charge in [-0.25, -0.2) is 5.43 Å². The van der Waals surface area contributed by atoms with Crippen LogP contribution >= 0.6 is 0 Å². The first kappa shape index (κ1) is 16.6. The number of rotatable bonds is 4. The maximum absolute atomic E-state index is 12.2. The summed E-state index contributed by atoms with van der Waals surface area (Å²) in [6.45, 7) is 6.13. The van der Waals surface area contributed by atoms with E-state index in [9.17, 15) is 4.79 Å². The van der Waals surface area contributed by atoms with Gasteiger partial charge in [0.15, 0.2) is 0 Å². The number of hydrazone groups is 1. The molecular formula is C20H20N4O. The van der Waals surface area contributed by atoms with Gasteiger partial charge in [-0.15, -0.1) is 0 Å². The molecule has 0 bridgehead atoms. The molecular weight excluding hydrogens is 312 g/mol. The van der Waals surface area contributed by atoms with E-state index in [-0.39, 0.29) is 5.91 Å². The first-order chi connectivity index (χ1) is 12.0. The second kappa shape index (κ2) is 7.13. The Bertz CT molecular complexity index is 940. The molecule has 0 aliphatic rings. The number of H-pyrrole nitrogens is 1. The molecule has 1 amide bonds. The minimum absolute atomic E-state index is 0.327. The van der Waals surface area contributed by atoms with Crippen LogP contribution in [0.3, 0.4) is 0 Å². The standard InChI is InChI=1S/C20H20N4O/c1-13-5-4-6-16(9-13)12-21-24-20(25)19-11-18(22-23-19)17-8-7-14(2)15(3)10-17/h4-12H,1-3H3,(H,22,23)(H,24,25). The number of nitrogens with one attached hydrogen (secondary N) is 2. The number of benzene rings is 2. The van der Waals surface area contributed by atoms with Crippen LogP contribution in [0.2, 0.25) is 0 Å². The Labute approximate surface area is 146 Å². The fourth-order valence-electron chi connectivity index (χ4n) is 2.46. The largest absolute Gasteiger partial charge is 0.289 e. The lowest BCUT2D eigenvalue weighted by Crippen LogP contribution is -2.18. The first-order valence-corrected chi connectivity index (χ1v) is 8.06. The number of nitrogens with zero attached hydrogens (tertiary/aromatic N) is 2. The third-order valence-corrected chi connectivity index (χ3v) is 4.05. The summed E-state index contributed by atoms with van der Waals surface area (Å²) in [6, 6.07) is 15.7. The summed E-state index contributed by atoms with van der Waals surface area (Å²) in [6.07, 6.45) is 1.62. The zero-order chi connectivity index (χ0) is 17.8. The van der Waals surface area contributed by atoms with E-state index in [2.05, 4.69) is 40.6 Å². The molecule has 0 radical (unpaired) electrons. The van der Waals surface area contributed by atoms with Crippen LogP contribution in [-0.4, -0.2) is 22.3 Å². The summed E-state index contributed by atoms with van der Waals surface area (Å²) in [4.78, 5) is 12.2. The molecule has 25 heavy (non-hydrogen) atoms. The van der Waals surface area contributed by atoms with Gasteiger partial charge in [0, 0.05) is 5.56 Å². The Morgan fingerprint density at radius 1 is 1.08 bits per heavy atom. The molecule has 0 spiro atoms. The molecule has 1 aromatic heterocycles. The van der Waals surface area contributed by atoms with Gasteiger partial charge >= 0.3 is 0 Å². The smallest absolute Gasteiger partial charge is 0.272 e. The molecule has 0 aliphatic heterocycles. The summed E-state index contributed by atoms with van der Waals surface area (Å²) in [5, 5.41) is 11.0. The van der Waals surface area contributed by atoms with Gasteiger partial charge in [0.2, 0.25) is 0 Å². The predicted molar refractivity (Wildman–Crippen MR) is 99.7 cm³/mol. The maximum Gasteiger partial charge on any atom is 0.289 e. The Morgan fingerprint density at radius 3 is 2.68 bits per heavy atom. The fraction of sp³-hybridized carbons (Fsp3) is 0.150. The van der Waals surface area contributed by atoms with Gasteiger partial charge < -0.3 is 0 Å². The molecule has 2 N–H and O–H groups in total. The van der Waals surface area contributed by atoms with Crippen LogP contribution in [0, 0.1) is 20.8 Å². The van der Waals surface area contributed by atoms with E-state index in [1.807, 2.05) is 43.3 Å². The Kier molecular flexibility index (Phi) is 4.75. The van der Waals surface area contributed by atoms with Crippen molar-refractivity contribution in [3.05, 3.63) is 76.5 Å². The number of hydrogen-bond donors (Lipinski definition) is 2. The Balaban J connectivity index is 1.69. The minimum atomic E-state index is -0.327. The van der Waals surface area contributed by atoms with E-state index in [0.717, 1.165) is 22.4 Å². The average Bonchev–Trinajstić information content (AvgIpc) is 3.07. The number of carbonyl (C=O) groups is 1. The van der Waals surface area contributed by atoms with Crippen LogP contribution in [0.5, 0.6) is 0 Å². The topological polar surface area (TPSA) is 70.1 Å². The van der Waals surface area contributed by atoms with Crippen LogP contribution < -0.4 is 5.43 Å². The number of carbonyl (C=O) groups excluding carboxylic acids is 1. The van der Waals surface area contributed by atoms with Crippen molar-refractivity contribution >= 4 is 12.1 Å². The van der Waals surface area contributed by atoms with Gasteiger partial charge in [-0.3, -0.25) is 9.89 Å². The Hall–Kier alpha value is -3.21. The third-order valence-electron chi connectivity index (χ3n) is 4.05. The van der Waals surface area contributed by atoms with Crippen LogP contribution in [0.25, 0.3) is 11.3 Å². The summed E-state index contributed by atoms with van der Waals surface area (Å²) >= 11 is 0. The van der Waals surface area contributed by atoms with E-state index in [4.69, 9.17) is 0 Å². The number of amides is 1. The second-order valence-electron chi connectivity index (χ2n) is 6.08. The number of hydrogen-bond acceptors (Lipinski definition) is 3. The van der Waals surface area contributed by atoms with Crippen molar-refractivity contribution in [2.45, 2.75) is 20.8 Å². The molecule has 0 fully saturated rings. The second-order valence-corrected chi connectivity index (χ2v) is 6.08. The fourth-order valence-corrected chi connectivity index (χ4v) is 2.46. The first-order valence-electron chi connectivity index (χ1n) is 8.06. The van der Waals surface area contributed by atoms with Crippen molar-refractivity contribution in [2.75, 3.05) is 0 Å². The van der Waals surface area contributed by atoms with Crippen molar-refractivity contribution in [1.29, 1.82) is 0 Å². The summed E-state index contributed by atoms with van der Waals surface area (Å²) in [7, 11) is 0. The molecule has 3 rings (SSSR count). The highest BCUT2D eigenvalue weighted by Gasteiger charge is 2.10. The lowest BCUT2D eigenvalue weighted by Gasteiger charge is -2.01. The molecule has 2 aromatic carbocycles. The molecule has 5 nitrogen and oxygen atoms in total. The van der Waals surface area contributed by atoms with Crippen LogP contribution in [-0.2, 0) is 0 Å².